The van der Waals surface area contributed by atoms with E-state index in [9.17, 15) is 18.8 Å². The molecule has 2 saturated heterocycles. The van der Waals surface area contributed by atoms with Gasteiger partial charge in [0.15, 0.2) is 11.6 Å². The van der Waals surface area contributed by atoms with Crippen LogP contribution in [0.25, 0.3) is 11.1 Å². The number of nitrogens with zero attached hydrogens (tertiary/aromatic N) is 3. The molecular weight excluding hydrogens is 435 g/mol. The van der Waals surface area contributed by atoms with E-state index in [1.54, 1.807) is 4.90 Å². The molecule has 3 amide bonds. The maximum Gasteiger partial charge on any atom is 0.415 e. The molecule has 1 aromatic heterocycles. The summed E-state index contributed by atoms with van der Waals surface area (Å²) in [4.78, 5) is 42.6. The molecule has 11 heteroatoms. The number of aryl methyl sites for hydroxylation is 1. The first-order valence-electron chi connectivity index (χ1n) is 10.4. The lowest BCUT2D eigenvalue weighted by atomic mass is 9.96. The highest BCUT2D eigenvalue weighted by Crippen LogP contribution is 2.42. The zero-order valence-corrected chi connectivity index (χ0v) is 18.0. The van der Waals surface area contributed by atoms with Crippen molar-refractivity contribution in [3.8, 4) is 11.1 Å². The van der Waals surface area contributed by atoms with Crippen LogP contribution in [0.4, 0.5) is 30.3 Å². The number of anilines is 2. The summed E-state index contributed by atoms with van der Waals surface area (Å²) in [7, 11) is 1.26. The highest BCUT2D eigenvalue weighted by atomic mass is 19.1. The number of ether oxygens (including phenoxy) is 3. The average molecular weight is 456 g/mol. The molecule has 0 saturated carbocycles. The molecule has 5 rings (SSSR count). The minimum atomic E-state index is -0.621. The van der Waals surface area contributed by atoms with Gasteiger partial charge in [0, 0.05) is 11.8 Å². The van der Waals surface area contributed by atoms with E-state index in [0.717, 1.165) is 27.3 Å². The summed E-state index contributed by atoms with van der Waals surface area (Å²) >= 11 is 0. The second-order valence-electron chi connectivity index (χ2n) is 8.03. The highest BCUT2D eigenvalue weighted by molar-refractivity contribution is 5.95. The van der Waals surface area contributed by atoms with Crippen LogP contribution in [0, 0.1) is 12.7 Å². The van der Waals surface area contributed by atoms with Crippen molar-refractivity contribution in [2.24, 2.45) is 0 Å². The van der Waals surface area contributed by atoms with Gasteiger partial charge in [-0.15, -0.1) is 0 Å². The smallest absolute Gasteiger partial charge is 0.415 e. The number of halogens is 1. The molecule has 2 aromatic rings. The molecule has 0 spiro atoms. The lowest BCUT2D eigenvalue weighted by Gasteiger charge is -2.17. The predicted molar refractivity (Wildman–Crippen MR) is 114 cm³/mol. The normalized spacial score (nSPS) is 20.9. The van der Waals surface area contributed by atoms with Gasteiger partial charge in [-0.2, -0.15) is 0 Å². The number of carbonyl (C=O) groups is 3. The van der Waals surface area contributed by atoms with Gasteiger partial charge in [-0.25, -0.2) is 23.8 Å². The molecule has 172 valence electrons. The van der Waals surface area contributed by atoms with Crippen LogP contribution in [0.1, 0.15) is 11.1 Å². The summed E-state index contributed by atoms with van der Waals surface area (Å²) in [6.07, 6.45) is -0.171. The topological polar surface area (TPSA) is 110 Å². The third kappa shape index (κ3) is 3.49. The minimum Gasteiger partial charge on any atom is -0.453 e. The first-order chi connectivity index (χ1) is 15.9. The maximum absolute atomic E-state index is 14.8. The standard InChI is InChI=1S/C22H21FN4O6/c1-11-5-16-12(8-17-18(10-25-20(28)31-2)33-22(30)27(16)17)6-14(11)13-7-15(23)19(24-9-13)26-3-4-32-21(26)29/h5-7,9,17-18H,3-4,8,10H2,1-2H3,(H,25,28)/t17-,18-/m0/s1. The Labute approximate surface area is 188 Å². The molecule has 0 bridgehead atoms. The van der Waals surface area contributed by atoms with Gasteiger partial charge in [0.1, 0.15) is 12.7 Å². The van der Waals surface area contributed by atoms with Crippen molar-refractivity contribution < 1.29 is 33.0 Å². The molecule has 0 unspecified atom stereocenters. The van der Waals surface area contributed by atoms with Gasteiger partial charge in [-0.3, -0.25) is 9.80 Å². The average Bonchev–Trinajstić information content (AvgIpc) is 3.46. The van der Waals surface area contributed by atoms with Crippen LogP contribution in [-0.2, 0) is 20.6 Å². The van der Waals surface area contributed by atoms with Gasteiger partial charge < -0.3 is 19.5 Å². The fraction of sp³-hybridized carbons (Fsp3) is 0.364. The molecule has 0 radical (unpaired) electrons. The van der Waals surface area contributed by atoms with Crippen LogP contribution >= 0.6 is 0 Å². The predicted octanol–water partition coefficient (Wildman–Crippen LogP) is 2.76. The van der Waals surface area contributed by atoms with Crippen LogP contribution in [-0.4, -0.2) is 62.2 Å². The van der Waals surface area contributed by atoms with Crippen molar-refractivity contribution in [3.63, 3.8) is 0 Å². The molecule has 2 atom stereocenters. The highest BCUT2D eigenvalue weighted by Gasteiger charge is 2.47. The molecule has 3 aliphatic heterocycles. The van der Waals surface area contributed by atoms with Crippen molar-refractivity contribution in [1.29, 1.82) is 0 Å². The van der Waals surface area contributed by atoms with Crippen LogP contribution in [0.15, 0.2) is 24.4 Å². The first kappa shape index (κ1) is 21.0. The quantitative estimate of drug-likeness (QED) is 0.705. The number of cyclic esters (lactones) is 2. The fourth-order valence-corrected chi connectivity index (χ4v) is 4.52. The van der Waals surface area contributed by atoms with Gasteiger partial charge in [0.05, 0.1) is 31.9 Å². The number of alkyl carbamates (subject to hydrolysis) is 1. The minimum absolute atomic E-state index is 0.0654. The zero-order chi connectivity index (χ0) is 23.3. The van der Waals surface area contributed by atoms with Gasteiger partial charge in [-0.1, -0.05) is 0 Å². The Morgan fingerprint density at radius 3 is 2.82 bits per heavy atom. The van der Waals surface area contributed by atoms with Gasteiger partial charge in [0.2, 0.25) is 0 Å². The summed E-state index contributed by atoms with van der Waals surface area (Å²) in [5.74, 6) is -0.686. The molecule has 0 aliphatic carbocycles. The number of nitrogens with one attached hydrogen (secondary N) is 1. The van der Waals surface area contributed by atoms with Crippen molar-refractivity contribution in [3.05, 3.63) is 41.3 Å². The van der Waals surface area contributed by atoms with Crippen LogP contribution in [0.2, 0.25) is 0 Å². The SMILES string of the molecule is COC(=O)NC[C@@H]1OC(=O)N2c3cc(C)c(-c4cnc(N5CCOC5=O)c(F)c4)cc3C[C@@H]12. The van der Waals surface area contributed by atoms with Crippen LogP contribution in [0.3, 0.4) is 0 Å². The number of benzene rings is 1. The number of fused-ring (bicyclic) bond motifs is 3. The molecule has 3 aliphatic rings. The van der Waals surface area contributed by atoms with E-state index in [-0.39, 0.29) is 31.6 Å². The molecule has 33 heavy (non-hydrogen) atoms. The first-order valence-corrected chi connectivity index (χ1v) is 10.4. The Hall–Kier alpha value is -3.89. The molecule has 1 N–H and O–H groups in total. The number of hydrogen-bond donors (Lipinski definition) is 1. The second-order valence-corrected chi connectivity index (χ2v) is 8.03. The molecule has 2 fully saturated rings. The van der Waals surface area contributed by atoms with E-state index in [4.69, 9.17) is 9.47 Å². The number of hydrogen-bond acceptors (Lipinski definition) is 7. The van der Waals surface area contributed by atoms with E-state index in [0.29, 0.717) is 12.0 Å². The monoisotopic (exact) mass is 456 g/mol. The van der Waals surface area contributed by atoms with E-state index < -0.39 is 30.2 Å². The third-order valence-corrected chi connectivity index (χ3v) is 6.11. The largest absolute Gasteiger partial charge is 0.453 e. The van der Waals surface area contributed by atoms with Crippen molar-refractivity contribution >= 4 is 29.8 Å². The zero-order valence-electron chi connectivity index (χ0n) is 18.0. The third-order valence-electron chi connectivity index (χ3n) is 6.11. The Kier molecular flexibility index (Phi) is 5.03. The Morgan fingerprint density at radius 2 is 2.12 bits per heavy atom. The number of pyridine rings is 1. The summed E-state index contributed by atoms with van der Waals surface area (Å²) in [6.45, 7) is 2.44. The summed E-state index contributed by atoms with van der Waals surface area (Å²) < 4.78 is 29.7. The fourth-order valence-electron chi connectivity index (χ4n) is 4.52. The Morgan fingerprint density at radius 1 is 1.30 bits per heavy atom. The number of aromatic nitrogens is 1. The summed E-state index contributed by atoms with van der Waals surface area (Å²) in [5.41, 5.74) is 3.80. The summed E-state index contributed by atoms with van der Waals surface area (Å²) in [6, 6.07) is 4.86. The summed E-state index contributed by atoms with van der Waals surface area (Å²) in [5, 5.41) is 2.57. The van der Waals surface area contributed by atoms with Crippen LogP contribution in [0.5, 0.6) is 0 Å². The Balaban J connectivity index is 1.42. The van der Waals surface area contributed by atoms with Gasteiger partial charge in [-0.05, 0) is 48.2 Å². The Bertz CT molecular complexity index is 1170. The lowest BCUT2D eigenvalue weighted by molar-refractivity contribution is 0.123. The molecular formula is C22H21FN4O6. The number of rotatable bonds is 4. The van der Waals surface area contributed by atoms with Crippen molar-refractivity contribution in [1.82, 2.24) is 10.3 Å². The molecule has 10 nitrogen and oxygen atoms in total. The number of methoxy groups -OCH3 is 1. The van der Waals surface area contributed by atoms with Crippen molar-refractivity contribution in [2.45, 2.75) is 25.5 Å². The second kappa shape index (κ2) is 7.91. The van der Waals surface area contributed by atoms with E-state index in [2.05, 4.69) is 15.0 Å². The van der Waals surface area contributed by atoms with Gasteiger partial charge in [0.25, 0.3) is 0 Å². The van der Waals surface area contributed by atoms with E-state index in [1.807, 2.05) is 19.1 Å². The lowest BCUT2D eigenvalue weighted by Crippen LogP contribution is -2.40. The molecule has 1 aromatic carbocycles. The van der Waals surface area contributed by atoms with Crippen molar-refractivity contribution in [2.75, 3.05) is 36.6 Å². The number of carbonyl (C=O) groups excluding carboxylic acids is 3. The number of amides is 3. The van der Waals surface area contributed by atoms with Gasteiger partial charge >= 0.3 is 18.3 Å². The molecule has 4 heterocycles. The van der Waals surface area contributed by atoms with Crippen LogP contribution < -0.4 is 15.1 Å². The van der Waals surface area contributed by atoms with E-state index in [1.165, 1.54) is 19.4 Å². The maximum atomic E-state index is 14.8. The van der Waals surface area contributed by atoms with E-state index >= 15 is 0 Å².